The largest absolute Gasteiger partial charge is 0.331 e. The zero-order valence-corrected chi connectivity index (χ0v) is 16.3. The molecule has 0 heterocycles. The van der Waals surface area contributed by atoms with Crippen LogP contribution in [-0.4, -0.2) is 16.7 Å². The summed E-state index contributed by atoms with van der Waals surface area (Å²) in [6, 6.07) is 15.6. The van der Waals surface area contributed by atoms with Gasteiger partial charge < -0.3 is 10.6 Å². The van der Waals surface area contributed by atoms with E-state index in [1.165, 1.54) is 12.5 Å². The minimum Gasteiger partial charge on any atom is -0.331 e. The third-order valence-electron chi connectivity index (χ3n) is 3.76. The standard InChI is InChI=1S/C20H24N4OS/c1-13(2)16-8-10-18(11-9-16)22-20(26)24-23-14(3)17-6-5-7-19(12-17)21-15(4)25/h5-13H,1-4H3,(H,21,25)(H2,22,24,26)/b23-14-. The van der Waals surface area contributed by atoms with Crippen LogP contribution in [0.2, 0.25) is 0 Å². The Hall–Kier alpha value is -2.73. The Morgan fingerprint density at radius 3 is 2.31 bits per heavy atom. The van der Waals surface area contributed by atoms with E-state index in [1.807, 2.05) is 43.3 Å². The van der Waals surface area contributed by atoms with E-state index in [0.717, 1.165) is 22.6 Å². The molecule has 0 saturated heterocycles. The summed E-state index contributed by atoms with van der Waals surface area (Å²) in [5, 5.41) is 10.6. The van der Waals surface area contributed by atoms with Crippen molar-refractivity contribution in [2.45, 2.75) is 33.6 Å². The smallest absolute Gasteiger partial charge is 0.221 e. The van der Waals surface area contributed by atoms with E-state index >= 15 is 0 Å². The number of benzene rings is 2. The third kappa shape index (κ3) is 5.97. The summed E-state index contributed by atoms with van der Waals surface area (Å²) < 4.78 is 0. The average molecular weight is 369 g/mol. The minimum atomic E-state index is -0.108. The zero-order chi connectivity index (χ0) is 19.1. The number of hydrazone groups is 1. The molecule has 0 unspecified atom stereocenters. The molecule has 6 heteroatoms. The van der Waals surface area contributed by atoms with Gasteiger partial charge in [0.15, 0.2) is 5.11 Å². The van der Waals surface area contributed by atoms with Crippen LogP contribution in [0.5, 0.6) is 0 Å². The molecule has 0 aliphatic heterocycles. The Morgan fingerprint density at radius 1 is 1.00 bits per heavy atom. The minimum absolute atomic E-state index is 0.108. The van der Waals surface area contributed by atoms with E-state index in [2.05, 4.69) is 47.1 Å². The predicted octanol–water partition coefficient (Wildman–Crippen LogP) is 4.48. The lowest BCUT2D eigenvalue weighted by Gasteiger charge is -2.10. The van der Waals surface area contributed by atoms with Gasteiger partial charge in [-0.05, 0) is 60.5 Å². The second kappa shape index (κ2) is 9.10. The van der Waals surface area contributed by atoms with E-state index in [4.69, 9.17) is 12.2 Å². The second-order valence-electron chi connectivity index (χ2n) is 6.30. The number of thiocarbonyl (C=S) groups is 1. The first kappa shape index (κ1) is 19.6. The number of hydrogen-bond donors (Lipinski definition) is 3. The molecule has 2 rings (SSSR count). The Kier molecular flexibility index (Phi) is 6.86. The van der Waals surface area contributed by atoms with E-state index in [9.17, 15) is 4.79 Å². The van der Waals surface area contributed by atoms with Crippen molar-refractivity contribution in [2.75, 3.05) is 10.6 Å². The number of carbonyl (C=O) groups is 1. The van der Waals surface area contributed by atoms with Gasteiger partial charge in [-0.2, -0.15) is 5.10 Å². The van der Waals surface area contributed by atoms with Crippen LogP contribution in [0.15, 0.2) is 53.6 Å². The molecule has 0 bridgehead atoms. The van der Waals surface area contributed by atoms with Crippen molar-refractivity contribution in [3.63, 3.8) is 0 Å². The van der Waals surface area contributed by atoms with Gasteiger partial charge in [0, 0.05) is 18.3 Å². The van der Waals surface area contributed by atoms with Gasteiger partial charge >= 0.3 is 0 Å². The highest BCUT2D eigenvalue weighted by Crippen LogP contribution is 2.17. The van der Waals surface area contributed by atoms with Gasteiger partial charge in [-0.25, -0.2) is 0 Å². The summed E-state index contributed by atoms with van der Waals surface area (Å²) in [5.74, 6) is 0.387. The Labute approximate surface area is 159 Å². The van der Waals surface area contributed by atoms with Crippen LogP contribution in [0.3, 0.4) is 0 Å². The monoisotopic (exact) mass is 368 g/mol. The van der Waals surface area contributed by atoms with Crippen LogP contribution < -0.4 is 16.1 Å². The molecule has 0 aliphatic rings. The number of carbonyl (C=O) groups excluding carboxylic acids is 1. The van der Waals surface area contributed by atoms with E-state index in [-0.39, 0.29) is 5.91 Å². The maximum Gasteiger partial charge on any atom is 0.221 e. The van der Waals surface area contributed by atoms with Crippen LogP contribution in [0.25, 0.3) is 0 Å². The molecule has 3 N–H and O–H groups in total. The van der Waals surface area contributed by atoms with Crippen LogP contribution in [0.4, 0.5) is 11.4 Å². The molecule has 1 amide bonds. The number of nitrogens with one attached hydrogen (secondary N) is 3. The van der Waals surface area contributed by atoms with Crippen LogP contribution >= 0.6 is 12.2 Å². The topological polar surface area (TPSA) is 65.5 Å². The quantitative estimate of drug-likeness (QED) is 0.414. The lowest BCUT2D eigenvalue weighted by molar-refractivity contribution is -0.114. The lowest BCUT2D eigenvalue weighted by atomic mass is 10.0. The molecule has 0 fully saturated rings. The van der Waals surface area contributed by atoms with Crippen molar-refractivity contribution >= 4 is 40.3 Å². The summed E-state index contributed by atoms with van der Waals surface area (Å²) in [4.78, 5) is 11.2. The fraction of sp³-hybridized carbons (Fsp3) is 0.250. The number of amides is 1. The molecule has 26 heavy (non-hydrogen) atoms. The van der Waals surface area contributed by atoms with Gasteiger partial charge in [0.1, 0.15) is 0 Å². The van der Waals surface area contributed by atoms with Crippen molar-refractivity contribution < 1.29 is 4.79 Å². The first-order chi connectivity index (χ1) is 12.3. The summed E-state index contributed by atoms with van der Waals surface area (Å²) >= 11 is 5.29. The molecule has 136 valence electrons. The van der Waals surface area contributed by atoms with Gasteiger partial charge in [-0.15, -0.1) is 0 Å². The number of hydrogen-bond acceptors (Lipinski definition) is 3. The maximum atomic E-state index is 11.2. The van der Waals surface area contributed by atoms with Crippen LogP contribution in [0, 0.1) is 0 Å². The number of rotatable bonds is 5. The summed E-state index contributed by atoms with van der Waals surface area (Å²) in [6.07, 6.45) is 0. The van der Waals surface area contributed by atoms with Crippen molar-refractivity contribution in [3.8, 4) is 0 Å². The first-order valence-electron chi connectivity index (χ1n) is 8.44. The van der Waals surface area contributed by atoms with E-state index < -0.39 is 0 Å². The summed E-state index contributed by atoms with van der Waals surface area (Å²) in [5.41, 5.74) is 7.43. The maximum absolute atomic E-state index is 11.2. The molecule has 0 saturated carbocycles. The highest BCUT2D eigenvalue weighted by atomic mass is 32.1. The zero-order valence-electron chi connectivity index (χ0n) is 15.5. The molecule has 2 aromatic rings. The molecular formula is C20H24N4OS. The molecule has 0 radical (unpaired) electrons. The molecule has 5 nitrogen and oxygen atoms in total. The van der Waals surface area contributed by atoms with Crippen LogP contribution in [0.1, 0.15) is 44.7 Å². The van der Waals surface area contributed by atoms with E-state index in [0.29, 0.717) is 11.0 Å². The first-order valence-corrected chi connectivity index (χ1v) is 8.85. The van der Waals surface area contributed by atoms with Gasteiger partial charge in [-0.3, -0.25) is 10.2 Å². The van der Waals surface area contributed by atoms with Crippen molar-refractivity contribution in [1.82, 2.24) is 5.43 Å². The highest BCUT2D eigenvalue weighted by Gasteiger charge is 2.03. The van der Waals surface area contributed by atoms with Crippen molar-refractivity contribution in [2.24, 2.45) is 5.10 Å². The number of nitrogens with zero attached hydrogens (tertiary/aromatic N) is 1. The molecular weight excluding hydrogens is 344 g/mol. The second-order valence-corrected chi connectivity index (χ2v) is 6.71. The average Bonchev–Trinajstić information content (AvgIpc) is 2.59. The molecule has 0 spiro atoms. The molecule has 0 aromatic heterocycles. The molecule has 0 aliphatic carbocycles. The summed E-state index contributed by atoms with van der Waals surface area (Å²) in [6.45, 7) is 7.67. The fourth-order valence-electron chi connectivity index (χ4n) is 2.33. The van der Waals surface area contributed by atoms with Gasteiger partial charge in [0.25, 0.3) is 0 Å². The van der Waals surface area contributed by atoms with Crippen molar-refractivity contribution in [1.29, 1.82) is 0 Å². The highest BCUT2D eigenvalue weighted by molar-refractivity contribution is 7.80. The Balaban J connectivity index is 1.97. The van der Waals surface area contributed by atoms with E-state index in [1.54, 1.807) is 0 Å². The van der Waals surface area contributed by atoms with Gasteiger partial charge in [0.05, 0.1) is 5.71 Å². The summed E-state index contributed by atoms with van der Waals surface area (Å²) in [7, 11) is 0. The SMILES string of the molecule is CC(=O)Nc1cccc(/C(C)=N\NC(=S)Nc2ccc(C(C)C)cc2)c1. The Morgan fingerprint density at radius 2 is 1.69 bits per heavy atom. The lowest BCUT2D eigenvalue weighted by Crippen LogP contribution is -2.25. The molecule has 0 atom stereocenters. The van der Waals surface area contributed by atoms with Crippen LogP contribution in [-0.2, 0) is 4.79 Å². The third-order valence-corrected chi connectivity index (χ3v) is 3.95. The predicted molar refractivity (Wildman–Crippen MR) is 113 cm³/mol. The fourth-order valence-corrected chi connectivity index (χ4v) is 2.50. The van der Waals surface area contributed by atoms with Gasteiger partial charge in [-0.1, -0.05) is 38.1 Å². The molecule has 2 aromatic carbocycles. The number of anilines is 2. The normalized spacial score (nSPS) is 11.2. The van der Waals surface area contributed by atoms with Crippen molar-refractivity contribution in [3.05, 3.63) is 59.7 Å². The Bertz CT molecular complexity index is 813. The van der Waals surface area contributed by atoms with Gasteiger partial charge in [0.2, 0.25) is 5.91 Å².